The fourth-order valence-corrected chi connectivity index (χ4v) is 1.32. The Hall–Kier alpha value is -1.18. The molecule has 0 aromatic heterocycles. The summed E-state index contributed by atoms with van der Waals surface area (Å²) in [5.74, 6) is 0. The maximum absolute atomic E-state index is 9.93. The first-order valence-corrected chi connectivity index (χ1v) is 4.06. The summed E-state index contributed by atoms with van der Waals surface area (Å²) >= 11 is 3.32. The number of rotatable bonds is 2. The zero-order valence-electron chi connectivity index (χ0n) is 6.25. The molecule has 0 amide bonds. The molecule has 1 aromatic rings. The van der Waals surface area contributed by atoms with Crippen LogP contribution in [0.3, 0.4) is 0 Å². The molecule has 60 valence electrons. The van der Waals surface area contributed by atoms with E-state index in [0.29, 0.717) is 5.70 Å². The van der Waals surface area contributed by atoms with E-state index in [1.54, 1.807) is 0 Å². The third kappa shape index (κ3) is 1.91. The summed E-state index contributed by atoms with van der Waals surface area (Å²) in [4.78, 5) is 13.4. The average Bonchev–Trinajstić information content (AvgIpc) is 2.05. The highest BCUT2D eigenvalue weighted by molar-refractivity contribution is 9.10. The van der Waals surface area contributed by atoms with E-state index in [2.05, 4.69) is 27.5 Å². The van der Waals surface area contributed by atoms with Gasteiger partial charge in [0.15, 0.2) is 0 Å². The van der Waals surface area contributed by atoms with Gasteiger partial charge in [-0.1, -0.05) is 40.7 Å². The van der Waals surface area contributed by atoms with Crippen LogP contribution in [-0.2, 0) is 4.79 Å². The summed E-state index contributed by atoms with van der Waals surface area (Å²) in [5.41, 5.74) is 1.22. The molecule has 0 unspecified atom stereocenters. The summed E-state index contributed by atoms with van der Waals surface area (Å²) in [6, 6.07) is 7.42. The van der Waals surface area contributed by atoms with Gasteiger partial charge in [-0.3, -0.25) is 0 Å². The van der Waals surface area contributed by atoms with Gasteiger partial charge in [-0.25, -0.2) is 4.79 Å². The van der Waals surface area contributed by atoms with Crippen molar-refractivity contribution in [3.8, 4) is 0 Å². The quantitative estimate of drug-likeness (QED) is 0.560. The van der Waals surface area contributed by atoms with Crippen molar-refractivity contribution < 1.29 is 4.79 Å². The Kier molecular flexibility index (Phi) is 2.97. The first-order chi connectivity index (χ1) is 5.75. The van der Waals surface area contributed by atoms with E-state index >= 15 is 0 Å². The molecule has 1 aromatic carbocycles. The number of aliphatic imine (C=N–C) groups is 1. The Morgan fingerprint density at radius 3 is 2.75 bits per heavy atom. The number of benzene rings is 1. The van der Waals surface area contributed by atoms with Gasteiger partial charge in [-0.05, 0) is 6.07 Å². The van der Waals surface area contributed by atoms with Gasteiger partial charge in [0.2, 0.25) is 6.08 Å². The molecule has 2 nitrogen and oxygen atoms in total. The van der Waals surface area contributed by atoms with E-state index < -0.39 is 0 Å². The summed E-state index contributed by atoms with van der Waals surface area (Å²) in [6.45, 7) is 3.62. The minimum Gasteiger partial charge on any atom is -0.211 e. The van der Waals surface area contributed by atoms with Gasteiger partial charge >= 0.3 is 0 Å². The van der Waals surface area contributed by atoms with Crippen LogP contribution in [0.25, 0.3) is 5.70 Å². The lowest BCUT2D eigenvalue weighted by Crippen LogP contribution is -1.79. The molecule has 0 spiro atoms. The van der Waals surface area contributed by atoms with Crippen LogP contribution in [-0.4, -0.2) is 6.08 Å². The summed E-state index contributed by atoms with van der Waals surface area (Å²) in [5, 5.41) is 0. The third-order valence-corrected chi connectivity index (χ3v) is 2.06. The second kappa shape index (κ2) is 4.00. The van der Waals surface area contributed by atoms with Crippen LogP contribution in [0.15, 0.2) is 40.3 Å². The zero-order chi connectivity index (χ0) is 8.97. The lowest BCUT2D eigenvalue weighted by atomic mass is 10.2. The lowest BCUT2D eigenvalue weighted by Gasteiger charge is -1.99. The molecule has 0 bridgehead atoms. The van der Waals surface area contributed by atoms with Crippen molar-refractivity contribution in [2.75, 3.05) is 0 Å². The molecule has 0 fully saturated rings. The van der Waals surface area contributed by atoms with Crippen molar-refractivity contribution in [2.24, 2.45) is 4.99 Å². The Balaban J connectivity index is 3.11. The second-order valence-corrected chi connectivity index (χ2v) is 2.98. The highest BCUT2D eigenvalue weighted by Crippen LogP contribution is 2.22. The number of hydrogen-bond donors (Lipinski definition) is 0. The van der Waals surface area contributed by atoms with Crippen LogP contribution in [0, 0.1) is 0 Å². The summed E-state index contributed by atoms with van der Waals surface area (Å²) in [7, 11) is 0. The minimum atomic E-state index is 0.414. The smallest absolute Gasteiger partial charge is 0.211 e. The molecule has 0 heterocycles. The van der Waals surface area contributed by atoms with E-state index in [4.69, 9.17) is 0 Å². The van der Waals surface area contributed by atoms with Crippen molar-refractivity contribution in [2.45, 2.75) is 0 Å². The van der Waals surface area contributed by atoms with E-state index in [0.717, 1.165) is 10.0 Å². The molecule has 0 saturated heterocycles. The van der Waals surface area contributed by atoms with Gasteiger partial charge in [0, 0.05) is 10.0 Å². The van der Waals surface area contributed by atoms with Crippen LogP contribution in [0.1, 0.15) is 5.56 Å². The van der Waals surface area contributed by atoms with Crippen LogP contribution >= 0.6 is 15.9 Å². The first-order valence-electron chi connectivity index (χ1n) is 3.27. The molecule has 0 aliphatic rings. The lowest BCUT2D eigenvalue weighted by molar-refractivity contribution is 0.565. The van der Waals surface area contributed by atoms with Gasteiger partial charge < -0.3 is 0 Å². The van der Waals surface area contributed by atoms with Crippen LogP contribution < -0.4 is 0 Å². The van der Waals surface area contributed by atoms with Crippen LogP contribution in [0.2, 0.25) is 0 Å². The van der Waals surface area contributed by atoms with Gasteiger partial charge in [0.05, 0.1) is 5.70 Å². The fraction of sp³-hybridized carbons (Fsp3) is 0. The minimum absolute atomic E-state index is 0.414. The average molecular weight is 224 g/mol. The summed E-state index contributed by atoms with van der Waals surface area (Å²) in [6.07, 6.45) is 1.45. The Morgan fingerprint density at radius 2 is 2.17 bits per heavy atom. The van der Waals surface area contributed by atoms with Crippen molar-refractivity contribution in [1.29, 1.82) is 0 Å². The SMILES string of the molecule is C=C(N=C=O)c1ccccc1Br. The van der Waals surface area contributed by atoms with Crippen molar-refractivity contribution >= 4 is 27.7 Å². The van der Waals surface area contributed by atoms with Gasteiger partial charge in [-0.2, -0.15) is 4.99 Å². The van der Waals surface area contributed by atoms with E-state index in [1.165, 1.54) is 6.08 Å². The molecule has 0 N–H and O–H groups in total. The first kappa shape index (κ1) is 8.91. The van der Waals surface area contributed by atoms with Crippen molar-refractivity contribution in [3.63, 3.8) is 0 Å². The molecule has 0 aliphatic carbocycles. The topological polar surface area (TPSA) is 29.4 Å². The standard InChI is InChI=1S/C9H6BrNO/c1-7(11-6-12)8-4-2-3-5-9(8)10/h2-5H,1H2. The molecule has 1 rings (SSSR count). The normalized spacial score (nSPS) is 8.75. The van der Waals surface area contributed by atoms with E-state index in [1.807, 2.05) is 24.3 Å². The Morgan fingerprint density at radius 1 is 1.50 bits per heavy atom. The molecule has 0 radical (unpaired) electrons. The molecule has 12 heavy (non-hydrogen) atoms. The Bertz CT molecular complexity index is 353. The number of isocyanates is 1. The maximum atomic E-state index is 9.93. The van der Waals surface area contributed by atoms with Gasteiger partial charge in [-0.15, -0.1) is 0 Å². The van der Waals surface area contributed by atoms with Gasteiger partial charge in [0.25, 0.3) is 0 Å². The fourth-order valence-electron chi connectivity index (χ4n) is 0.811. The predicted molar refractivity (Wildman–Crippen MR) is 51.3 cm³/mol. The van der Waals surface area contributed by atoms with Crippen molar-refractivity contribution in [3.05, 3.63) is 40.9 Å². The van der Waals surface area contributed by atoms with E-state index in [9.17, 15) is 4.79 Å². The molecule has 3 heteroatoms. The largest absolute Gasteiger partial charge is 0.240 e. The monoisotopic (exact) mass is 223 g/mol. The van der Waals surface area contributed by atoms with E-state index in [-0.39, 0.29) is 0 Å². The highest BCUT2D eigenvalue weighted by atomic mass is 79.9. The molecule has 0 atom stereocenters. The van der Waals surface area contributed by atoms with Crippen molar-refractivity contribution in [1.82, 2.24) is 0 Å². The second-order valence-electron chi connectivity index (χ2n) is 2.13. The number of nitrogens with zero attached hydrogens (tertiary/aromatic N) is 1. The molecular formula is C9H6BrNO. The van der Waals surface area contributed by atoms with Crippen LogP contribution in [0.5, 0.6) is 0 Å². The number of halogens is 1. The molecule has 0 aliphatic heterocycles. The Labute approximate surface area is 78.8 Å². The maximum Gasteiger partial charge on any atom is 0.240 e. The molecule has 0 saturated carbocycles. The van der Waals surface area contributed by atoms with Crippen LogP contribution in [0.4, 0.5) is 0 Å². The highest BCUT2D eigenvalue weighted by Gasteiger charge is 2.00. The number of hydrogen-bond acceptors (Lipinski definition) is 2. The molecular weight excluding hydrogens is 218 g/mol. The summed E-state index contributed by atoms with van der Waals surface area (Å²) < 4.78 is 0.869. The van der Waals surface area contributed by atoms with Gasteiger partial charge in [0.1, 0.15) is 0 Å². The third-order valence-electron chi connectivity index (χ3n) is 1.37. The predicted octanol–water partition coefficient (Wildman–Crippen LogP) is 2.76. The number of carbonyl (C=O) groups excluding carboxylic acids is 1. The zero-order valence-corrected chi connectivity index (χ0v) is 7.84.